The van der Waals surface area contributed by atoms with Crippen LogP contribution in [0.3, 0.4) is 0 Å². The second-order valence-corrected chi connectivity index (χ2v) is 7.97. The van der Waals surface area contributed by atoms with E-state index in [1.807, 2.05) is 24.3 Å². The van der Waals surface area contributed by atoms with Crippen LogP contribution >= 0.6 is 11.3 Å². The molecule has 1 aliphatic heterocycles. The van der Waals surface area contributed by atoms with Gasteiger partial charge in [-0.3, -0.25) is 4.79 Å². The zero-order valence-electron chi connectivity index (χ0n) is 15.9. The van der Waals surface area contributed by atoms with E-state index in [-0.39, 0.29) is 12.0 Å². The number of amides is 1. The Morgan fingerprint density at radius 2 is 2.22 bits per heavy atom. The molecule has 0 radical (unpaired) electrons. The minimum Gasteiger partial charge on any atom is -0.496 e. The fraction of sp³-hybridized carbons (Fsp3) is 0.476. The highest BCUT2D eigenvalue weighted by Crippen LogP contribution is 2.17. The lowest BCUT2D eigenvalue weighted by Gasteiger charge is -2.21. The molecule has 2 aromatic rings. The van der Waals surface area contributed by atoms with Gasteiger partial charge in [0.25, 0.3) is 5.91 Å². The molecule has 1 aromatic heterocycles. The Kier molecular flexibility index (Phi) is 7.68. The Bertz CT molecular complexity index is 699. The van der Waals surface area contributed by atoms with Gasteiger partial charge < -0.3 is 19.7 Å². The highest BCUT2D eigenvalue weighted by molar-refractivity contribution is 7.09. The molecule has 27 heavy (non-hydrogen) atoms. The molecule has 1 saturated heterocycles. The molecule has 1 unspecified atom stereocenters. The van der Waals surface area contributed by atoms with E-state index in [0.29, 0.717) is 13.1 Å². The van der Waals surface area contributed by atoms with Gasteiger partial charge in [-0.2, -0.15) is 0 Å². The summed E-state index contributed by atoms with van der Waals surface area (Å²) in [4.78, 5) is 15.1. The van der Waals surface area contributed by atoms with Crippen LogP contribution in [0.4, 0.5) is 0 Å². The number of hydrogen-bond donors (Lipinski definition) is 2. The lowest BCUT2D eigenvalue weighted by atomic mass is 10.1. The molecule has 1 fully saturated rings. The number of thiophene rings is 1. The Morgan fingerprint density at radius 1 is 1.33 bits per heavy atom. The smallest absolute Gasteiger partial charge is 0.275 e. The summed E-state index contributed by atoms with van der Waals surface area (Å²) in [5.41, 5.74) is 1.11. The molecule has 0 aliphatic carbocycles. The van der Waals surface area contributed by atoms with Crippen LogP contribution in [0.1, 0.15) is 23.3 Å². The number of para-hydroxylation sites is 1. The topological polar surface area (TPSA) is 52.0 Å². The molecule has 1 aromatic carbocycles. The fourth-order valence-electron chi connectivity index (χ4n) is 3.53. The summed E-state index contributed by atoms with van der Waals surface area (Å²) < 4.78 is 11.2. The van der Waals surface area contributed by atoms with E-state index < -0.39 is 0 Å². The summed E-state index contributed by atoms with van der Waals surface area (Å²) in [6, 6.07) is 12.1. The number of hydrogen-bond acceptors (Lipinski definition) is 4. The number of benzene rings is 1. The standard InChI is InChI=1S/C21H28N2O3S/c1-25-20-9-3-2-6-17(20)10-11-22-21(24)16-23(14-18-7-4-12-26-18)15-19-8-5-13-27-19/h2-3,5-6,8-9,13,18H,4,7,10-12,14-16H2,1H3,(H,22,24)/p+1/t18-/m0/s1. The molecule has 0 spiro atoms. The molecule has 0 bridgehead atoms. The summed E-state index contributed by atoms with van der Waals surface area (Å²) in [6.07, 6.45) is 3.27. The van der Waals surface area contributed by atoms with E-state index in [1.165, 1.54) is 9.78 Å². The number of rotatable bonds is 10. The number of carbonyl (C=O) groups is 1. The van der Waals surface area contributed by atoms with E-state index in [2.05, 4.69) is 22.8 Å². The van der Waals surface area contributed by atoms with Crippen molar-refractivity contribution in [2.45, 2.75) is 31.9 Å². The Balaban J connectivity index is 1.48. The van der Waals surface area contributed by atoms with E-state index in [1.54, 1.807) is 18.4 Å². The van der Waals surface area contributed by atoms with Gasteiger partial charge in [-0.05, 0) is 42.3 Å². The van der Waals surface area contributed by atoms with Crippen molar-refractivity contribution in [3.63, 3.8) is 0 Å². The van der Waals surface area contributed by atoms with Crippen molar-refractivity contribution in [1.29, 1.82) is 0 Å². The molecule has 1 aliphatic rings. The Hall–Kier alpha value is -1.89. The number of methoxy groups -OCH3 is 1. The van der Waals surface area contributed by atoms with Gasteiger partial charge in [0, 0.05) is 13.2 Å². The van der Waals surface area contributed by atoms with Gasteiger partial charge in [0.05, 0.1) is 12.0 Å². The summed E-state index contributed by atoms with van der Waals surface area (Å²) in [7, 11) is 1.67. The zero-order valence-corrected chi connectivity index (χ0v) is 16.7. The summed E-state index contributed by atoms with van der Waals surface area (Å²) in [5, 5.41) is 5.15. The van der Waals surface area contributed by atoms with Crippen molar-refractivity contribution >= 4 is 17.2 Å². The lowest BCUT2D eigenvalue weighted by Crippen LogP contribution is -3.13. The number of ether oxygens (including phenoxy) is 2. The van der Waals surface area contributed by atoms with Crippen molar-refractivity contribution < 1.29 is 19.2 Å². The van der Waals surface area contributed by atoms with Gasteiger partial charge in [0.1, 0.15) is 24.9 Å². The Morgan fingerprint density at radius 3 is 2.96 bits per heavy atom. The van der Waals surface area contributed by atoms with E-state index in [4.69, 9.17) is 9.47 Å². The van der Waals surface area contributed by atoms with Crippen LogP contribution < -0.4 is 15.0 Å². The lowest BCUT2D eigenvalue weighted by molar-refractivity contribution is -0.908. The monoisotopic (exact) mass is 389 g/mol. The molecule has 0 saturated carbocycles. The summed E-state index contributed by atoms with van der Waals surface area (Å²) in [5.74, 6) is 0.963. The molecular weight excluding hydrogens is 360 g/mol. The Labute approximate surface area is 165 Å². The average Bonchev–Trinajstić information content (AvgIpc) is 3.36. The fourth-order valence-corrected chi connectivity index (χ4v) is 4.31. The van der Waals surface area contributed by atoms with Gasteiger partial charge >= 0.3 is 0 Å². The maximum absolute atomic E-state index is 12.5. The molecule has 1 amide bonds. The maximum atomic E-state index is 12.5. The maximum Gasteiger partial charge on any atom is 0.275 e. The van der Waals surface area contributed by atoms with Crippen molar-refractivity contribution in [2.75, 3.05) is 33.4 Å². The second kappa shape index (κ2) is 10.4. The quantitative estimate of drug-likeness (QED) is 0.650. The van der Waals surface area contributed by atoms with Crippen molar-refractivity contribution in [1.82, 2.24) is 5.32 Å². The first kappa shape index (κ1) is 19.9. The van der Waals surface area contributed by atoms with Crippen LogP contribution in [-0.4, -0.2) is 45.4 Å². The van der Waals surface area contributed by atoms with Gasteiger partial charge in [-0.25, -0.2) is 0 Å². The van der Waals surface area contributed by atoms with E-state index >= 15 is 0 Å². The van der Waals surface area contributed by atoms with Crippen molar-refractivity contribution in [3.05, 3.63) is 52.2 Å². The molecule has 6 heteroatoms. The van der Waals surface area contributed by atoms with Gasteiger partial charge in [-0.1, -0.05) is 24.3 Å². The number of quaternary nitrogens is 1. The molecular formula is C21H29N2O3S+. The minimum absolute atomic E-state index is 0.0921. The molecule has 146 valence electrons. The van der Waals surface area contributed by atoms with E-state index in [0.717, 1.165) is 50.3 Å². The first-order valence-electron chi connectivity index (χ1n) is 9.60. The average molecular weight is 390 g/mol. The number of nitrogens with one attached hydrogen (secondary N) is 2. The van der Waals surface area contributed by atoms with Crippen LogP contribution in [-0.2, 0) is 22.5 Å². The predicted molar refractivity (Wildman–Crippen MR) is 107 cm³/mol. The van der Waals surface area contributed by atoms with Crippen LogP contribution in [0.25, 0.3) is 0 Å². The van der Waals surface area contributed by atoms with Gasteiger partial charge in [0.15, 0.2) is 6.54 Å². The molecule has 2 heterocycles. The molecule has 3 rings (SSSR count). The first-order chi connectivity index (χ1) is 13.2. The van der Waals surface area contributed by atoms with Gasteiger partial charge in [-0.15, -0.1) is 11.3 Å². The largest absolute Gasteiger partial charge is 0.496 e. The zero-order chi connectivity index (χ0) is 18.9. The predicted octanol–water partition coefficient (Wildman–Crippen LogP) is 1.68. The van der Waals surface area contributed by atoms with Crippen LogP contribution in [0.5, 0.6) is 5.75 Å². The van der Waals surface area contributed by atoms with Crippen molar-refractivity contribution in [3.8, 4) is 5.75 Å². The van der Waals surface area contributed by atoms with Crippen LogP contribution in [0, 0.1) is 0 Å². The summed E-state index contributed by atoms with van der Waals surface area (Å²) >= 11 is 1.75. The number of carbonyl (C=O) groups excluding carboxylic acids is 1. The highest BCUT2D eigenvalue weighted by Gasteiger charge is 2.24. The second-order valence-electron chi connectivity index (χ2n) is 6.93. The third kappa shape index (κ3) is 6.34. The van der Waals surface area contributed by atoms with E-state index in [9.17, 15) is 4.79 Å². The third-order valence-electron chi connectivity index (χ3n) is 4.86. The third-order valence-corrected chi connectivity index (χ3v) is 5.74. The SMILES string of the molecule is COc1ccccc1CCNC(=O)C[NH+](Cc1cccs1)C[C@@H]1CCCO1. The highest BCUT2D eigenvalue weighted by atomic mass is 32.1. The first-order valence-corrected chi connectivity index (χ1v) is 10.5. The molecule has 2 atom stereocenters. The van der Waals surface area contributed by atoms with Crippen LogP contribution in [0.15, 0.2) is 41.8 Å². The summed E-state index contributed by atoms with van der Waals surface area (Å²) in [6.45, 7) is 3.70. The normalized spacial score (nSPS) is 17.6. The van der Waals surface area contributed by atoms with Crippen LogP contribution in [0.2, 0.25) is 0 Å². The van der Waals surface area contributed by atoms with Gasteiger partial charge in [0.2, 0.25) is 0 Å². The molecule has 5 nitrogen and oxygen atoms in total. The van der Waals surface area contributed by atoms with Crippen molar-refractivity contribution in [2.24, 2.45) is 0 Å². The molecule has 2 N–H and O–H groups in total. The minimum atomic E-state index is 0.0921.